The van der Waals surface area contributed by atoms with Gasteiger partial charge in [0.25, 0.3) is 10.0 Å². The van der Waals surface area contributed by atoms with Crippen molar-refractivity contribution < 1.29 is 26.7 Å². The molecule has 9 heteroatoms. The van der Waals surface area contributed by atoms with Gasteiger partial charge in [0.2, 0.25) is 0 Å². The molecule has 1 heterocycles. The van der Waals surface area contributed by atoms with Crippen LogP contribution in [-0.2, 0) is 10.0 Å². The molecule has 0 radical (unpaired) electrons. The maximum atomic E-state index is 12.8. The molecule has 1 atom stereocenters. The summed E-state index contributed by atoms with van der Waals surface area (Å²) in [6, 6.07) is 10.2. The van der Waals surface area contributed by atoms with E-state index in [1.54, 1.807) is 12.1 Å². The number of anilines is 1. The highest BCUT2D eigenvalue weighted by Crippen LogP contribution is 2.34. The second-order valence-corrected chi connectivity index (χ2v) is 7.76. The van der Waals surface area contributed by atoms with Crippen LogP contribution in [0.1, 0.15) is 17.9 Å². The number of rotatable bonds is 7. The van der Waals surface area contributed by atoms with Crippen LogP contribution in [0.2, 0.25) is 0 Å². The molecule has 27 heavy (non-hydrogen) atoms. The minimum atomic E-state index is -4.00. The number of halogens is 2. The SMILES string of the molecule is COc1ccc(S(=O)(=O)Nc2ccccc2OC(F)F)cc1[C@H]1CCNC1. The van der Waals surface area contributed by atoms with Gasteiger partial charge in [0.1, 0.15) is 11.5 Å². The van der Waals surface area contributed by atoms with Crippen LogP contribution in [0, 0.1) is 0 Å². The summed E-state index contributed by atoms with van der Waals surface area (Å²) in [7, 11) is -2.47. The van der Waals surface area contributed by atoms with E-state index in [0.29, 0.717) is 5.75 Å². The first-order valence-corrected chi connectivity index (χ1v) is 9.84. The lowest BCUT2D eigenvalue weighted by Gasteiger charge is -2.17. The maximum absolute atomic E-state index is 12.8. The Morgan fingerprint density at radius 3 is 2.63 bits per heavy atom. The van der Waals surface area contributed by atoms with E-state index in [1.807, 2.05) is 0 Å². The summed E-state index contributed by atoms with van der Waals surface area (Å²) < 4.78 is 62.7. The third kappa shape index (κ3) is 4.48. The minimum absolute atomic E-state index is 0.0250. The number of alkyl halides is 2. The highest BCUT2D eigenvalue weighted by atomic mass is 32.2. The van der Waals surface area contributed by atoms with Crippen LogP contribution in [0.3, 0.4) is 0 Å². The summed E-state index contributed by atoms with van der Waals surface area (Å²) >= 11 is 0. The molecular formula is C18H20F2N2O4S. The molecule has 2 N–H and O–H groups in total. The van der Waals surface area contributed by atoms with Crippen molar-refractivity contribution in [1.29, 1.82) is 0 Å². The summed E-state index contributed by atoms with van der Waals surface area (Å²) in [6.07, 6.45) is 0.873. The molecule has 1 aliphatic heterocycles. The Balaban J connectivity index is 1.93. The zero-order chi connectivity index (χ0) is 19.4. The van der Waals surface area contributed by atoms with Crippen molar-refractivity contribution in [3.63, 3.8) is 0 Å². The van der Waals surface area contributed by atoms with Crippen LogP contribution in [0.15, 0.2) is 47.4 Å². The third-order valence-electron chi connectivity index (χ3n) is 4.36. The Morgan fingerprint density at radius 2 is 1.96 bits per heavy atom. The van der Waals surface area contributed by atoms with Gasteiger partial charge in [0, 0.05) is 12.5 Å². The van der Waals surface area contributed by atoms with Crippen molar-refractivity contribution in [2.75, 3.05) is 24.9 Å². The van der Waals surface area contributed by atoms with Crippen molar-refractivity contribution in [3.05, 3.63) is 48.0 Å². The number of nitrogens with one attached hydrogen (secondary N) is 2. The zero-order valence-corrected chi connectivity index (χ0v) is 15.4. The number of ether oxygens (including phenoxy) is 2. The standard InChI is InChI=1S/C18H20F2N2O4S/c1-25-16-7-6-13(10-14(16)12-8-9-21-11-12)27(23,24)22-15-4-2-3-5-17(15)26-18(19)20/h2-7,10,12,18,21-22H,8-9,11H2,1H3/t12-/m0/s1. The molecule has 1 fully saturated rings. The largest absolute Gasteiger partial charge is 0.496 e. The first kappa shape index (κ1) is 19.4. The van der Waals surface area contributed by atoms with Gasteiger partial charge in [-0.3, -0.25) is 4.72 Å². The predicted octanol–water partition coefficient (Wildman–Crippen LogP) is 3.17. The molecule has 1 saturated heterocycles. The summed E-state index contributed by atoms with van der Waals surface area (Å²) in [5.41, 5.74) is 0.736. The number of hydrogen-bond acceptors (Lipinski definition) is 5. The second-order valence-electron chi connectivity index (χ2n) is 6.07. The smallest absolute Gasteiger partial charge is 0.387 e. The van der Waals surface area contributed by atoms with Crippen LogP contribution >= 0.6 is 0 Å². The van der Waals surface area contributed by atoms with Gasteiger partial charge in [-0.15, -0.1) is 0 Å². The highest BCUT2D eigenvalue weighted by Gasteiger charge is 2.24. The minimum Gasteiger partial charge on any atom is -0.496 e. The van der Waals surface area contributed by atoms with Crippen molar-refractivity contribution in [2.45, 2.75) is 23.8 Å². The Hall–Kier alpha value is -2.39. The Bertz CT molecular complexity index is 900. The van der Waals surface area contributed by atoms with Gasteiger partial charge < -0.3 is 14.8 Å². The fraction of sp³-hybridized carbons (Fsp3) is 0.333. The van der Waals surface area contributed by atoms with E-state index in [4.69, 9.17) is 4.74 Å². The normalized spacial score (nSPS) is 17.1. The summed E-state index contributed by atoms with van der Waals surface area (Å²) in [5, 5.41) is 3.24. The molecule has 0 spiro atoms. The Morgan fingerprint density at radius 1 is 1.19 bits per heavy atom. The molecule has 0 aliphatic carbocycles. The predicted molar refractivity (Wildman–Crippen MR) is 97.1 cm³/mol. The lowest BCUT2D eigenvalue weighted by Crippen LogP contribution is -2.16. The van der Waals surface area contributed by atoms with Crippen molar-refractivity contribution in [1.82, 2.24) is 5.32 Å². The van der Waals surface area contributed by atoms with Crippen molar-refractivity contribution in [3.8, 4) is 11.5 Å². The average Bonchev–Trinajstić information content (AvgIpc) is 3.16. The van der Waals surface area contributed by atoms with Gasteiger partial charge in [0.05, 0.1) is 17.7 Å². The topological polar surface area (TPSA) is 76.7 Å². The zero-order valence-electron chi connectivity index (χ0n) is 14.6. The number of benzene rings is 2. The van der Waals surface area contributed by atoms with Crippen molar-refractivity contribution >= 4 is 15.7 Å². The number of para-hydroxylation sites is 2. The van der Waals surface area contributed by atoms with E-state index in [2.05, 4.69) is 14.8 Å². The van der Waals surface area contributed by atoms with Gasteiger partial charge in [-0.25, -0.2) is 8.42 Å². The molecule has 146 valence electrons. The molecule has 0 unspecified atom stereocenters. The van der Waals surface area contributed by atoms with E-state index in [0.717, 1.165) is 25.1 Å². The number of methoxy groups -OCH3 is 1. The third-order valence-corrected chi connectivity index (χ3v) is 5.72. The number of hydrogen-bond donors (Lipinski definition) is 2. The van der Waals surface area contributed by atoms with Gasteiger partial charge in [-0.2, -0.15) is 8.78 Å². The van der Waals surface area contributed by atoms with Gasteiger partial charge >= 0.3 is 6.61 Å². The first-order chi connectivity index (χ1) is 12.9. The fourth-order valence-electron chi connectivity index (χ4n) is 3.07. The van der Waals surface area contributed by atoms with Gasteiger partial charge in [0.15, 0.2) is 0 Å². The quantitative estimate of drug-likeness (QED) is 0.749. The van der Waals surface area contributed by atoms with E-state index in [1.165, 1.54) is 37.4 Å². The van der Waals surface area contributed by atoms with Crippen LogP contribution in [0.5, 0.6) is 11.5 Å². The van der Waals surface area contributed by atoms with Crippen LogP contribution in [0.25, 0.3) is 0 Å². The lowest BCUT2D eigenvalue weighted by atomic mass is 9.97. The van der Waals surface area contributed by atoms with Crippen LogP contribution in [-0.4, -0.2) is 35.2 Å². The highest BCUT2D eigenvalue weighted by molar-refractivity contribution is 7.92. The van der Waals surface area contributed by atoms with Crippen molar-refractivity contribution in [2.24, 2.45) is 0 Å². The molecule has 2 aromatic rings. The van der Waals surface area contributed by atoms with Gasteiger partial charge in [-0.05, 0) is 48.9 Å². The van der Waals surface area contributed by atoms with Crippen LogP contribution in [0.4, 0.5) is 14.5 Å². The summed E-state index contributed by atoms with van der Waals surface area (Å²) in [6.45, 7) is -1.47. The van der Waals surface area contributed by atoms with Crippen LogP contribution < -0.4 is 19.5 Å². The molecule has 0 saturated carbocycles. The fourth-order valence-corrected chi connectivity index (χ4v) is 4.18. The lowest BCUT2D eigenvalue weighted by molar-refractivity contribution is -0.0493. The Kier molecular flexibility index (Phi) is 5.81. The molecule has 2 aromatic carbocycles. The maximum Gasteiger partial charge on any atom is 0.387 e. The molecular weight excluding hydrogens is 378 g/mol. The van der Waals surface area contributed by atoms with E-state index >= 15 is 0 Å². The van der Waals surface area contributed by atoms with E-state index in [9.17, 15) is 17.2 Å². The molecule has 0 amide bonds. The molecule has 0 aromatic heterocycles. The molecule has 6 nitrogen and oxygen atoms in total. The monoisotopic (exact) mass is 398 g/mol. The molecule has 0 bridgehead atoms. The van der Waals surface area contributed by atoms with Gasteiger partial charge in [-0.1, -0.05) is 12.1 Å². The van der Waals surface area contributed by atoms with E-state index < -0.39 is 16.6 Å². The van der Waals surface area contributed by atoms with E-state index in [-0.39, 0.29) is 22.3 Å². The average molecular weight is 398 g/mol. The second kappa shape index (κ2) is 8.10. The molecule has 3 rings (SSSR count). The number of sulfonamides is 1. The molecule has 1 aliphatic rings. The first-order valence-electron chi connectivity index (χ1n) is 8.36. The summed E-state index contributed by atoms with van der Waals surface area (Å²) in [5.74, 6) is 0.512. The Labute approximate surface area is 156 Å². The summed E-state index contributed by atoms with van der Waals surface area (Å²) in [4.78, 5) is 0.0250.